The molecule has 0 aliphatic carbocycles. The number of hydrogen-bond acceptors (Lipinski definition) is 2. The molecule has 0 aliphatic rings. The van der Waals surface area contributed by atoms with E-state index in [0.29, 0.717) is 5.69 Å². The zero-order chi connectivity index (χ0) is 11.3. The van der Waals surface area contributed by atoms with Crippen LogP contribution in [0.3, 0.4) is 0 Å². The van der Waals surface area contributed by atoms with Gasteiger partial charge < -0.3 is 10.4 Å². The lowest BCUT2D eigenvalue weighted by Gasteiger charge is -2.00. The van der Waals surface area contributed by atoms with Gasteiger partial charge in [-0.2, -0.15) is 0 Å². The van der Waals surface area contributed by atoms with E-state index in [2.05, 4.69) is 27.9 Å². The summed E-state index contributed by atoms with van der Waals surface area (Å²) < 4.78 is 1.06. The molecule has 78 valence electrons. The van der Waals surface area contributed by atoms with Gasteiger partial charge in [0.2, 0.25) is 5.91 Å². The van der Waals surface area contributed by atoms with Crippen LogP contribution in [0, 0.1) is 3.57 Å². The van der Waals surface area contributed by atoms with Crippen molar-refractivity contribution in [3.05, 3.63) is 40.0 Å². The summed E-state index contributed by atoms with van der Waals surface area (Å²) in [5.74, 6) is -1.61. The average Bonchev–Trinajstić information content (AvgIpc) is 2.19. The van der Waals surface area contributed by atoms with E-state index in [4.69, 9.17) is 5.11 Å². The molecule has 0 unspecified atom stereocenters. The zero-order valence-corrected chi connectivity index (χ0v) is 9.76. The molecule has 15 heavy (non-hydrogen) atoms. The second kappa shape index (κ2) is 5.50. The van der Waals surface area contributed by atoms with E-state index >= 15 is 0 Å². The Labute approximate surface area is 100 Å². The summed E-state index contributed by atoms with van der Waals surface area (Å²) in [5.41, 5.74) is 0.635. The van der Waals surface area contributed by atoms with Gasteiger partial charge in [0.05, 0.1) is 0 Å². The van der Waals surface area contributed by atoms with E-state index in [0.717, 1.165) is 15.7 Å². The van der Waals surface area contributed by atoms with Crippen molar-refractivity contribution in [2.45, 2.75) is 0 Å². The Kier molecular flexibility index (Phi) is 4.29. The molecule has 0 saturated heterocycles. The van der Waals surface area contributed by atoms with Gasteiger partial charge in [0.25, 0.3) is 0 Å². The molecule has 0 heterocycles. The highest BCUT2D eigenvalue weighted by Gasteiger charge is 1.98. The van der Waals surface area contributed by atoms with Crippen molar-refractivity contribution in [1.82, 2.24) is 0 Å². The van der Waals surface area contributed by atoms with Crippen molar-refractivity contribution < 1.29 is 14.7 Å². The smallest absolute Gasteiger partial charge is 0.328 e. The Morgan fingerprint density at radius 1 is 1.20 bits per heavy atom. The van der Waals surface area contributed by atoms with Gasteiger partial charge in [-0.05, 0) is 46.9 Å². The van der Waals surface area contributed by atoms with Crippen LogP contribution in [0.1, 0.15) is 0 Å². The molecule has 2 N–H and O–H groups in total. The van der Waals surface area contributed by atoms with Gasteiger partial charge in [0.15, 0.2) is 0 Å². The summed E-state index contributed by atoms with van der Waals surface area (Å²) in [6.45, 7) is 0. The number of carbonyl (C=O) groups is 2. The van der Waals surface area contributed by atoms with Crippen molar-refractivity contribution >= 4 is 40.2 Å². The Morgan fingerprint density at radius 3 is 2.33 bits per heavy atom. The number of carbonyl (C=O) groups excluding carboxylic acids is 1. The molecule has 0 atom stereocenters. The second-order valence-electron chi connectivity index (χ2n) is 2.67. The third-order valence-corrected chi connectivity index (χ3v) is 2.21. The highest BCUT2D eigenvalue weighted by molar-refractivity contribution is 14.1. The third kappa shape index (κ3) is 4.59. The van der Waals surface area contributed by atoms with Crippen LogP contribution in [0.2, 0.25) is 0 Å². The lowest BCUT2D eigenvalue weighted by molar-refractivity contribution is -0.131. The largest absolute Gasteiger partial charge is 0.478 e. The van der Waals surface area contributed by atoms with Gasteiger partial charge in [-0.25, -0.2) is 4.79 Å². The number of aliphatic carboxylic acids is 1. The normalized spacial score (nSPS) is 10.2. The van der Waals surface area contributed by atoms with Crippen molar-refractivity contribution in [2.24, 2.45) is 0 Å². The number of amides is 1. The predicted molar refractivity (Wildman–Crippen MR) is 64.6 cm³/mol. The maximum absolute atomic E-state index is 11.1. The minimum Gasteiger partial charge on any atom is -0.478 e. The molecule has 1 aromatic rings. The fourth-order valence-electron chi connectivity index (χ4n) is 0.864. The van der Waals surface area contributed by atoms with Gasteiger partial charge >= 0.3 is 5.97 Å². The lowest BCUT2D eigenvalue weighted by atomic mass is 10.3. The molecule has 0 spiro atoms. The summed E-state index contributed by atoms with van der Waals surface area (Å²) >= 11 is 2.15. The molecule has 1 aromatic carbocycles. The van der Waals surface area contributed by atoms with Crippen LogP contribution in [0.15, 0.2) is 36.4 Å². The molecule has 4 nitrogen and oxygen atoms in total. The maximum Gasteiger partial charge on any atom is 0.328 e. The predicted octanol–water partition coefficient (Wildman–Crippen LogP) is 1.87. The van der Waals surface area contributed by atoms with Crippen LogP contribution < -0.4 is 5.32 Å². The maximum atomic E-state index is 11.1. The molecule has 1 amide bonds. The average molecular weight is 317 g/mol. The summed E-state index contributed by atoms with van der Waals surface area (Å²) in [6.07, 6.45) is 1.77. The number of nitrogens with one attached hydrogen (secondary N) is 1. The zero-order valence-electron chi connectivity index (χ0n) is 7.61. The van der Waals surface area contributed by atoms with Crippen LogP contribution in [0.25, 0.3) is 0 Å². The molecule has 0 aromatic heterocycles. The first-order valence-electron chi connectivity index (χ1n) is 4.05. The summed E-state index contributed by atoms with van der Waals surface area (Å²) in [7, 11) is 0. The SMILES string of the molecule is O=C(O)/C=C/C(=O)Nc1ccc(I)cc1. The number of hydrogen-bond donors (Lipinski definition) is 2. The minimum atomic E-state index is -1.15. The molecule has 0 bridgehead atoms. The highest BCUT2D eigenvalue weighted by atomic mass is 127. The molecule has 0 fully saturated rings. The fourth-order valence-corrected chi connectivity index (χ4v) is 1.22. The van der Waals surface area contributed by atoms with Gasteiger partial charge in [-0.3, -0.25) is 4.79 Å². The lowest BCUT2D eigenvalue weighted by Crippen LogP contribution is -2.08. The molecule has 0 aliphatic heterocycles. The first kappa shape index (κ1) is 11.7. The molecular weight excluding hydrogens is 309 g/mol. The topological polar surface area (TPSA) is 66.4 Å². The van der Waals surface area contributed by atoms with Gasteiger partial charge in [0.1, 0.15) is 0 Å². The first-order valence-corrected chi connectivity index (χ1v) is 5.13. The van der Waals surface area contributed by atoms with Crippen LogP contribution in [-0.4, -0.2) is 17.0 Å². The number of carboxylic acids is 1. The van der Waals surface area contributed by atoms with Crippen molar-refractivity contribution in [1.29, 1.82) is 0 Å². The standard InChI is InChI=1S/C10H8INO3/c11-7-1-3-8(4-2-7)12-9(13)5-6-10(14)15/h1-6H,(H,12,13)(H,14,15)/b6-5+. The third-order valence-electron chi connectivity index (χ3n) is 1.49. The molecule has 5 heteroatoms. The number of halogens is 1. The summed E-state index contributed by atoms with van der Waals surface area (Å²) in [4.78, 5) is 21.3. The number of carboxylic acid groups (broad SMARTS) is 1. The summed E-state index contributed by atoms with van der Waals surface area (Å²) in [6, 6.07) is 7.18. The molecule has 0 radical (unpaired) electrons. The van der Waals surface area contributed by atoms with E-state index in [1.807, 2.05) is 12.1 Å². The van der Waals surface area contributed by atoms with Gasteiger partial charge in [0, 0.05) is 21.4 Å². The number of benzene rings is 1. The van der Waals surface area contributed by atoms with Crippen molar-refractivity contribution in [3.63, 3.8) is 0 Å². The van der Waals surface area contributed by atoms with E-state index in [1.54, 1.807) is 12.1 Å². The van der Waals surface area contributed by atoms with Crippen molar-refractivity contribution in [3.8, 4) is 0 Å². The number of rotatable bonds is 3. The first-order chi connectivity index (χ1) is 7.08. The second-order valence-corrected chi connectivity index (χ2v) is 3.91. The quantitative estimate of drug-likeness (QED) is 0.661. The van der Waals surface area contributed by atoms with E-state index < -0.39 is 11.9 Å². The van der Waals surface area contributed by atoms with E-state index in [9.17, 15) is 9.59 Å². The van der Waals surface area contributed by atoms with Crippen LogP contribution in [0.4, 0.5) is 5.69 Å². The Bertz CT molecular complexity index is 398. The molecule has 1 rings (SSSR count). The van der Waals surface area contributed by atoms with Crippen LogP contribution in [-0.2, 0) is 9.59 Å². The molecular formula is C10H8INO3. The van der Waals surface area contributed by atoms with Gasteiger partial charge in [-0.1, -0.05) is 0 Å². The number of anilines is 1. The van der Waals surface area contributed by atoms with Gasteiger partial charge in [-0.15, -0.1) is 0 Å². The molecule has 0 saturated carbocycles. The van der Waals surface area contributed by atoms with E-state index in [-0.39, 0.29) is 0 Å². The fraction of sp³-hybridized carbons (Fsp3) is 0. The van der Waals surface area contributed by atoms with Crippen LogP contribution >= 0.6 is 22.6 Å². The monoisotopic (exact) mass is 317 g/mol. The Morgan fingerprint density at radius 2 is 1.80 bits per heavy atom. The van der Waals surface area contributed by atoms with Crippen molar-refractivity contribution in [2.75, 3.05) is 5.32 Å². The minimum absolute atomic E-state index is 0.460. The van der Waals surface area contributed by atoms with Crippen LogP contribution in [0.5, 0.6) is 0 Å². The summed E-state index contributed by atoms with van der Waals surface area (Å²) in [5, 5.41) is 10.8. The Hall–Kier alpha value is -1.37. The highest BCUT2D eigenvalue weighted by Crippen LogP contribution is 2.10. The Balaban J connectivity index is 2.59. The van der Waals surface area contributed by atoms with E-state index in [1.165, 1.54) is 0 Å².